The van der Waals surface area contributed by atoms with Crippen molar-refractivity contribution in [1.82, 2.24) is 0 Å². The first kappa shape index (κ1) is 14.3. The van der Waals surface area contributed by atoms with E-state index in [9.17, 15) is 26.1 Å². The maximum absolute atomic E-state index is 11.8. The molecule has 0 amide bonds. The van der Waals surface area contributed by atoms with Crippen molar-refractivity contribution in [3.8, 4) is 6.07 Å². The first-order valence-corrected chi connectivity index (χ1v) is 3.51. The van der Waals surface area contributed by atoms with Crippen molar-refractivity contribution in [2.45, 2.75) is 11.4 Å². The Kier molecular flexibility index (Phi) is 4.95. The second-order valence-corrected chi connectivity index (χ2v) is 2.96. The Balaban J connectivity index is 0. The third kappa shape index (κ3) is 2.68. The zero-order valence-corrected chi connectivity index (χ0v) is 6.61. The van der Waals surface area contributed by atoms with Crippen molar-refractivity contribution in [1.29, 1.82) is 5.26 Å². The Morgan fingerprint density at radius 1 is 1.50 bits per heavy atom. The summed E-state index contributed by atoms with van der Waals surface area (Å²) in [5.74, 6) is 0. The van der Waals surface area contributed by atoms with Crippen molar-refractivity contribution in [2.24, 2.45) is 0 Å². The van der Waals surface area contributed by atoms with Gasteiger partial charge in [0.25, 0.3) is 6.17 Å². The van der Waals surface area contributed by atoms with Crippen LogP contribution in [0.25, 0.3) is 0 Å². The monoisotopic (exact) mass is 195 g/mol. The normalized spacial score (nSPS) is 14.2. The van der Waals surface area contributed by atoms with Crippen molar-refractivity contribution < 1.29 is 45.0 Å². The average Bonchev–Trinajstić information content (AvgIpc) is 1.83. The Labute approximate surface area is 78.3 Å². The smallest absolute Gasteiger partial charge is 0.743 e. The second kappa shape index (κ2) is 4.15. The van der Waals surface area contributed by atoms with Gasteiger partial charge in [-0.05, 0) is 0 Å². The minimum Gasteiger partial charge on any atom is -0.743 e. The quantitative estimate of drug-likeness (QED) is 0.347. The minimum absolute atomic E-state index is 0. The van der Waals surface area contributed by atoms with E-state index in [1.807, 2.05) is 0 Å². The molecule has 0 heterocycles. The average molecular weight is 195 g/mol. The fraction of sp³-hybridized carbons (Fsp3) is 0.667. The number of rotatable bonds is 2. The van der Waals surface area contributed by atoms with Crippen molar-refractivity contribution in [3.63, 3.8) is 0 Å². The van der Waals surface area contributed by atoms with E-state index in [-0.39, 0.29) is 18.9 Å². The van der Waals surface area contributed by atoms with E-state index in [1.165, 1.54) is 0 Å². The summed E-state index contributed by atoms with van der Waals surface area (Å²) in [4.78, 5) is 0. The van der Waals surface area contributed by atoms with E-state index in [0.717, 1.165) is 0 Å². The molecular formula is C3HF3LiNO3S. The van der Waals surface area contributed by atoms with E-state index < -0.39 is 21.5 Å². The largest absolute Gasteiger partial charge is 1.00 e. The molecule has 64 valence electrons. The Morgan fingerprint density at radius 3 is 1.92 bits per heavy atom. The summed E-state index contributed by atoms with van der Waals surface area (Å²) in [6.07, 6.45) is -3.62. The first-order valence-electron chi connectivity index (χ1n) is 2.10. The van der Waals surface area contributed by atoms with E-state index in [2.05, 4.69) is 0 Å². The number of nitrogens with zero attached hydrogens (tertiary/aromatic N) is 1. The predicted octanol–water partition coefficient (Wildman–Crippen LogP) is -3.01. The summed E-state index contributed by atoms with van der Waals surface area (Å²) in [5, 5.41) is 2.36. The van der Waals surface area contributed by atoms with Crippen molar-refractivity contribution in [2.75, 3.05) is 0 Å². The first-order chi connectivity index (χ1) is 4.73. The van der Waals surface area contributed by atoms with Crippen LogP contribution in [-0.2, 0) is 10.1 Å². The van der Waals surface area contributed by atoms with Crippen LogP contribution in [-0.4, -0.2) is 24.4 Å². The Morgan fingerprint density at radius 2 is 1.83 bits per heavy atom. The molecule has 0 saturated carbocycles. The van der Waals surface area contributed by atoms with Crippen molar-refractivity contribution in [3.05, 3.63) is 0 Å². The molecular weight excluding hydrogens is 194 g/mol. The molecule has 0 aromatic carbocycles. The fourth-order valence-corrected chi connectivity index (χ4v) is 0.508. The van der Waals surface area contributed by atoms with Crippen LogP contribution in [0.1, 0.15) is 0 Å². The zero-order valence-electron chi connectivity index (χ0n) is 5.79. The van der Waals surface area contributed by atoms with E-state index >= 15 is 0 Å². The molecule has 0 spiro atoms. The second-order valence-electron chi connectivity index (χ2n) is 1.51. The standard InChI is InChI=1S/C3H2F3NO3S.Li/c4-2(1-7)3(5,6)11(8,9)10;/h2H,(H,8,9,10);/q;+1/p-1. The van der Waals surface area contributed by atoms with E-state index in [0.29, 0.717) is 6.07 Å². The molecule has 1 atom stereocenters. The van der Waals surface area contributed by atoms with E-state index in [1.54, 1.807) is 0 Å². The molecule has 0 aromatic rings. The number of hydrogen-bond acceptors (Lipinski definition) is 4. The molecule has 0 aliphatic rings. The molecule has 0 aromatic heterocycles. The number of halogens is 3. The van der Waals surface area contributed by atoms with Crippen LogP contribution in [0.5, 0.6) is 0 Å². The van der Waals surface area contributed by atoms with Crippen LogP contribution in [0.2, 0.25) is 0 Å². The molecule has 0 rings (SSSR count). The van der Waals surface area contributed by atoms with Crippen LogP contribution in [0, 0.1) is 11.3 Å². The topological polar surface area (TPSA) is 81.0 Å². The van der Waals surface area contributed by atoms with Gasteiger partial charge < -0.3 is 4.55 Å². The van der Waals surface area contributed by atoms with Crippen LogP contribution in [0.3, 0.4) is 0 Å². The van der Waals surface area contributed by atoms with Gasteiger partial charge in [0, 0.05) is 0 Å². The van der Waals surface area contributed by atoms with Gasteiger partial charge in [-0.25, -0.2) is 12.8 Å². The summed E-state index contributed by atoms with van der Waals surface area (Å²) in [5.41, 5.74) is 0. The fourth-order valence-electron chi connectivity index (χ4n) is 0.202. The maximum atomic E-state index is 11.8. The number of hydrogen-bond donors (Lipinski definition) is 0. The molecule has 12 heavy (non-hydrogen) atoms. The van der Waals surface area contributed by atoms with Gasteiger partial charge in [0.05, 0.1) is 0 Å². The van der Waals surface area contributed by atoms with Crippen LogP contribution < -0.4 is 18.9 Å². The van der Waals surface area contributed by atoms with Gasteiger partial charge in [0.15, 0.2) is 10.1 Å². The van der Waals surface area contributed by atoms with Gasteiger partial charge in [-0.1, -0.05) is 0 Å². The van der Waals surface area contributed by atoms with Gasteiger partial charge in [0.2, 0.25) is 0 Å². The van der Waals surface area contributed by atoms with Crippen LogP contribution in [0.4, 0.5) is 13.2 Å². The molecule has 0 saturated heterocycles. The maximum Gasteiger partial charge on any atom is 1.00 e. The SMILES string of the molecule is N#CC(F)C(F)(F)S(=O)(=O)[O-].[Li+]. The van der Waals surface area contributed by atoms with Gasteiger partial charge in [-0.15, -0.1) is 0 Å². The van der Waals surface area contributed by atoms with Gasteiger partial charge >= 0.3 is 24.1 Å². The minimum atomic E-state index is -6.09. The summed E-state index contributed by atoms with van der Waals surface area (Å²) in [6, 6.07) is 0.316. The van der Waals surface area contributed by atoms with Crippen LogP contribution in [0.15, 0.2) is 0 Å². The molecule has 0 aliphatic heterocycles. The molecule has 0 bridgehead atoms. The van der Waals surface area contributed by atoms with Gasteiger partial charge in [-0.2, -0.15) is 14.0 Å². The molecule has 0 aliphatic carbocycles. The number of nitriles is 1. The molecule has 9 heteroatoms. The Bertz CT molecular complexity index is 284. The van der Waals surface area contributed by atoms with Crippen molar-refractivity contribution >= 4 is 10.1 Å². The molecule has 0 radical (unpaired) electrons. The Hall–Kier alpha value is -0.213. The number of alkyl halides is 3. The third-order valence-electron chi connectivity index (χ3n) is 0.742. The molecule has 0 N–H and O–H groups in total. The third-order valence-corrected chi connectivity index (χ3v) is 1.62. The van der Waals surface area contributed by atoms with Crippen LogP contribution >= 0.6 is 0 Å². The van der Waals surface area contributed by atoms with Gasteiger partial charge in [0.1, 0.15) is 6.07 Å². The summed E-state index contributed by atoms with van der Waals surface area (Å²) in [6.45, 7) is 0. The summed E-state index contributed by atoms with van der Waals surface area (Å²) >= 11 is 0. The zero-order chi connectivity index (χ0) is 9.28. The van der Waals surface area contributed by atoms with E-state index in [4.69, 9.17) is 5.26 Å². The molecule has 4 nitrogen and oxygen atoms in total. The molecule has 0 fully saturated rings. The van der Waals surface area contributed by atoms with Gasteiger partial charge in [-0.3, -0.25) is 0 Å². The summed E-state index contributed by atoms with van der Waals surface area (Å²) in [7, 11) is -6.09. The summed E-state index contributed by atoms with van der Waals surface area (Å²) < 4.78 is 64.0. The molecule has 1 unspecified atom stereocenters. The predicted molar refractivity (Wildman–Crippen MR) is 25.2 cm³/mol.